The molecule has 38 heavy (non-hydrogen) atoms. The molecule has 198 valence electrons. The Labute approximate surface area is 224 Å². The van der Waals surface area contributed by atoms with Crippen molar-refractivity contribution in [1.82, 2.24) is 14.0 Å². The number of carbonyl (C=O) groups is 2. The van der Waals surface area contributed by atoms with Crippen LogP contribution in [0.1, 0.15) is 61.9 Å². The molecule has 0 aliphatic carbocycles. The predicted molar refractivity (Wildman–Crippen MR) is 144 cm³/mol. The van der Waals surface area contributed by atoms with Crippen molar-refractivity contribution in [3.63, 3.8) is 0 Å². The Bertz CT molecular complexity index is 1550. The maximum absolute atomic E-state index is 13.2. The van der Waals surface area contributed by atoms with Crippen molar-refractivity contribution in [3.05, 3.63) is 73.4 Å². The molecule has 0 saturated carbocycles. The number of hydrogen-bond acceptors (Lipinski definition) is 6. The smallest absolute Gasteiger partial charge is 0.410 e. The Morgan fingerprint density at radius 1 is 1.08 bits per heavy atom. The van der Waals surface area contributed by atoms with Gasteiger partial charge < -0.3 is 9.64 Å². The Balaban J connectivity index is 1.50. The standard InChI is InChI=1S/C28H29ClN4O5/c1-3-31-24-12-11-21(16-22(24)26(35)32(4-2)27(31)36)38-28(37)33-14-6-5-7-20(33)10-13-25(34)18-8-9-19(17-30)23(29)15-18/h8-9,11-12,15-16,20H,3-7,10,13-14H2,1-2H3. The quantitative estimate of drug-likeness (QED) is 0.403. The lowest BCUT2D eigenvalue weighted by Gasteiger charge is -2.34. The van der Waals surface area contributed by atoms with Crippen molar-refractivity contribution in [3.8, 4) is 11.8 Å². The number of hydrogen-bond donors (Lipinski definition) is 0. The van der Waals surface area contributed by atoms with Crippen molar-refractivity contribution in [1.29, 1.82) is 5.26 Å². The van der Waals surface area contributed by atoms with E-state index in [0.29, 0.717) is 41.5 Å². The van der Waals surface area contributed by atoms with Crippen LogP contribution in [0.3, 0.4) is 0 Å². The topological polar surface area (TPSA) is 114 Å². The van der Waals surface area contributed by atoms with Gasteiger partial charge in [0.25, 0.3) is 5.56 Å². The second kappa shape index (κ2) is 11.7. The van der Waals surface area contributed by atoms with Crippen molar-refractivity contribution >= 4 is 34.4 Å². The number of likely N-dealkylation sites (tertiary alicyclic amines) is 1. The average Bonchev–Trinajstić information content (AvgIpc) is 2.92. The third kappa shape index (κ3) is 5.36. The van der Waals surface area contributed by atoms with Crippen LogP contribution in [0.15, 0.2) is 46.0 Å². The van der Waals surface area contributed by atoms with E-state index in [1.807, 2.05) is 13.0 Å². The van der Waals surface area contributed by atoms with Crippen LogP contribution in [0, 0.1) is 11.3 Å². The lowest BCUT2D eigenvalue weighted by molar-refractivity contribution is 0.0912. The molecule has 2 aromatic carbocycles. The van der Waals surface area contributed by atoms with Crippen LogP contribution < -0.4 is 16.0 Å². The zero-order valence-corrected chi connectivity index (χ0v) is 22.2. The van der Waals surface area contributed by atoms with Crippen LogP contribution >= 0.6 is 11.6 Å². The van der Waals surface area contributed by atoms with E-state index in [9.17, 15) is 19.2 Å². The molecule has 1 amide bonds. The molecule has 1 saturated heterocycles. The number of Topliss-reactive ketones (excluding diaryl/α,β-unsaturated/α-hetero) is 1. The fraction of sp³-hybridized carbons (Fsp3) is 0.393. The largest absolute Gasteiger partial charge is 0.415 e. The van der Waals surface area contributed by atoms with Gasteiger partial charge in [0.2, 0.25) is 0 Å². The molecule has 1 fully saturated rings. The zero-order valence-electron chi connectivity index (χ0n) is 21.4. The van der Waals surface area contributed by atoms with Gasteiger partial charge in [-0.2, -0.15) is 5.26 Å². The molecule has 0 bridgehead atoms. The number of aromatic nitrogens is 2. The first-order chi connectivity index (χ1) is 18.3. The number of amides is 1. The van der Waals surface area contributed by atoms with Gasteiger partial charge in [-0.05, 0) is 75.9 Å². The van der Waals surface area contributed by atoms with Crippen LogP contribution in [0.2, 0.25) is 5.02 Å². The van der Waals surface area contributed by atoms with Crippen LogP contribution in [-0.4, -0.2) is 38.5 Å². The molecular formula is C28H29ClN4O5. The van der Waals surface area contributed by atoms with Crippen LogP contribution in [0.25, 0.3) is 10.9 Å². The number of rotatable bonds is 7. The second-order valence-corrected chi connectivity index (χ2v) is 9.64. The number of piperidine rings is 1. The molecule has 10 heteroatoms. The summed E-state index contributed by atoms with van der Waals surface area (Å²) in [6.45, 7) is 4.70. The van der Waals surface area contributed by atoms with Crippen molar-refractivity contribution in [2.45, 2.75) is 65.1 Å². The van der Waals surface area contributed by atoms with Gasteiger partial charge in [0, 0.05) is 37.7 Å². The van der Waals surface area contributed by atoms with Gasteiger partial charge in [-0.1, -0.05) is 11.6 Å². The van der Waals surface area contributed by atoms with E-state index >= 15 is 0 Å². The monoisotopic (exact) mass is 536 g/mol. The molecule has 4 rings (SSSR count). The van der Waals surface area contributed by atoms with Gasteiger partial charge in [-0.15, -0.1) is 0 Å². The summed E-state index contributed by atoms with van der Waals surface area (Å²) < 4.78 is 8.36. The molecule has 1 aliphatic rings. The first-order valence-corrected chi connectivity index (χ1v) is 13.2. The van der Waals surface area contributed by atoms with Gasteiger partial charge in [0.15, 0.2) is 5.78 Å². The van der Waals surface area contributed by atoms with Crippen molar-refractivity contribution in [2.75, 3.05) is 6.54 Å². The number of halogens is 1. The average molecular weight is 537 g/mol. The number of fused-ring (bicyclic) bond motifs is 1. The minimum atomic E-state index is -0.539. The van der Waals surface area contributed by atoms with E-state index in [-0.39, 0.29) is 41.3 Å². The second-order valence-electron chi connectivity index (χ2n) is 9.23. The van der Waals surface area contributed by atoms with Gasteiger partial charge >= 0.3 is 11.8 Å². The molecule has 3 aromatic rings. The number of benzene rings is 2. The molecule has 1 aromatic heterocycles. The third-order valence-corrected chi connectivity index (χ3v) is 7.32. The fourth-order valence-electron chi connectivity index (χ4n) is 4.97. The zero-order chi connectivity index (χ0) is 27.4. The van der Waals surface area contributed by atoms with Crippen LogP contribution in [0.4, 0.5) is 4.79 Å². The van der Waals surface area contributed by atoms with Gasteiger partial charge in [-0.3, -0.25) is 18.7 Å². The molecule has 0 radical (unpaired) electrons. The number of ketones is 1. The summed E-state index contributed by atoms with van der Waals surface area (Å²) in [4.78, 5) is 53.1. The van der Waals surface area contributed by atoms with Gasteiger partial charge in [0.1, 0.15) is 11.8 Å². The molecule has 0 N–H and O–H groups in total. The normalized spacial score (nSPS) is 15.3. The summed E-state index contributed by atoms with van der Waals surface area (Å²) in [5.74, 6) is 0.107. The Hall–Kier alpha value is -3.90. The Morgan fingerprint density at radius 2 is 1.84 bits per heavy atom. The lowest BCUT2D eigenvalue weighted by Crippen LogP contribution is -2.45. The summed E-state index contributed by atoms with van der Waals surface area (Å²) in [6.07, 6.45) is 2.66. The summed E-state index contributed by atoms with van der Waals surface area (Å²) in [6, 6.07) is 11.1. The maximum Gasteiger partial charge on any atom is 0.415 e. The SMILES string of the molecule is CCn1c(=O)c2cc(OC(=O)N3CCCCC3CCC(=O)c3ccc(C#N)c(Cl)c3)ccc2n(CC)c1=O. The highest BCUT2D eigenvalue weighted by molar-refractivity contribution is 6.32. The Morgan fingerprint density at radius 3 is 2.53 bits per heavy atom. The minimum Gasteiger partial charge on any atom is -0.410 e. The first-order valence-electron chi connectivity index (χ1n) is 12.8. The van der Waals surface area contributed by atoms with Crippen molar-refractivity contribution < 1.29 is 14.3 Å². The van der Waals surface area contributed by atoms with E-state index in [0.717, 1.165) is 23.8 Å². The van der Waals surface area contributed by atoms with E-state index in [2.05, 4.69) is 0 Å². The predicted octanol–water partition coefficient (Wildman–Crippen LogP) is 4.74. The molecular weight excluding hydrogens is 508 g/mol. The third-order valence-electron chi connectivity index (χ3n) is 7.01. The fourth-order valence-corrected chi connectivity index (χ4v) is 5.20. The lowest BCUT2D eigenvalue weighted by atomic mass is 9.95. The van der Waals surface area contributed by atoms with Gasteiger partial charge in [0.05, 0.1) is 21.5 Å². The number of nitriles is 1. The maximum atomic E-state index is 13.2. The molecule has 1 unspecified atom stereocenters. The van der Waals surface area contributed by atoms with E-state index < -0.39 is 11.7 Å². The van der Waals surface area contributed by atoms with E-state index in [1.165, 1.54) is 22.8 Å². The summed E-state index contributed by atoms with van der Waals surface area (Å²) in [5.41, 5.74) is 0.436. The summed E-state index contributed by atoms with van der Waals surface area (Å²) >= 11 is 6.07. The number of aryl methyl sites for hydroxylation is 1. The molecule has 1 atom stereocenters. The van der Waals surface area contributed by atoms with Crippen LogP contribution in [-0.2, 0) is 13.1 Å². The van der Waals surface area contributed by atoms with Gasteiger partial charge in [-0.25, -0.2) is 9.59 Å². The minimum absolute atomic E-state index is 0.112. The Kier molecular flexibility index (Phi) is 8.32. The number of ether oxygens (including phenoxy) is 1. The molecule has 9 nitrogen and oxygen atoms in total. The highest BCUT2D eigenvalue weighted by atomic mass is 35.5. The first kappa shape index (κ1) is 27.1. The highest BCUT2D eigenvalue weighted by Gasteiger charge is 2.29. The van der Waals surface area contributed by atoms with E-state index in [4.69, 9.17) is 21.6 Å². The van der Waals surface area contributed by atoms with Crippen molar-refractivity contribution in [2.24, 2.45) is 0 Å². The molecule has 0 spiro atoms. The highest BCUT2D eigenvalue weighted by Crippen LogP contribution is 2.25. The van der Waals surface area contributed by atoms with E-state index in [1.54, 1.807) is 30.0 Å². The number of carbonyl (C=O) groups excluding carboxylic acids is 2. The van der Waals surface area contributed by atoms with Crippen LogP contribution in [0.5, 0.6) is 5.75 Å². The summed E-state index contributed by atoms with van der Waals surface area (Å²) in [7, 11) is 0. The molecule has 2 heterocycles. The summed E-state index contributed by atoms with van der Waals surface area (Å²) in [5, 5.41) is 9.57. The number of nitrogens with zero attached hydrogens (tertiary/aromatic N) is 4. The molecule has 1 aliphatic heterocycles.